The summed E-state index contributed by atoms with van der Waals surface area (Å²) in [7, 11) is 0. The average Bonchev–Trinajstić information content (AvgIpc) is 2.81. The van der Waals surface area contributed by atoms with Crippen molar-refractivity contribution in [3.8, 4) is 17.2 Å². The molecule has 3 aromatic rings. The Bertz CT molecular complexity index is 1010. The molecule has 0 saturated heterocycles. The number of carbonyl (C=O) groups is 1. The Balaban J connectivity index is 1.47. The van der Waals surface area contributed by atoms with Crippen LogP contribution < -0.4 is 24.8 Å². The largest absolute Gasteiger partial charge is 0.492 e. The van der Waals surface area contributed by atoms with E-state index in [9.17, 15) is 4.79 Å². The van der Waals surface area contributed by atoms with Gasteiger partial charge in [0.1, 0.15) is 24.5 Å². The number of fused-ring (bicyclic) bond motifs is 1. The van der Waals surface area contributed by atoms with Gasteiger partial charge in [-0.15, -0.1) is 0 Å². The standard InChI is InChI=1S/C25H26N2O4/c1-2-29-21-13-7-6-12-20(21)27-25(28)24(18-10-4-3-5-11-18)26-16-19-17-30-22-14-8-9-15-23(22)31-19/h3-15,19,24,26H,2,16-17H2,1H3,(H,27,28). The first-order chi connectivity index (χ1) is 15.2. The van der Waals surface area contributed by atoms with Crippen molar-refractivity contribution in [1.29, 1.82) is 0 Å². The number of rotatable bonds is 8. The van der Waals surface area contributed by atoms with E-state index in [0.717, 1.165) is 11.3 Å². The third kappa shape index (κ3) is 5.16. The molecule has 4 rings (SSSR count). The maximum Gasteiger partial charge on any atom is 0.246 e. The van der Waals surface area contributed by atoms with Gasteiger partial charge in [-0.1, -0.05) is 54.6 Å². The van der Waals surface area contributed by atoms with Crippen LogP contribution in [0, 0.1) is 0 Å². The van der Waals surface area contributed by atoms with E-state index in [2.05, 4.69) is 10.6 Å². The number of amides is 1. The fourth-order valence-electron chi connectivity index (χ4n) is 3.48. The Labute approximate surface area is 182 Å². The van der Waals surface area contributed by atoms with Gasteiger partial charge in [0.05, 0.1) is 12.3 Å². The normalized spacial score (nSPS) is 15.7. The van der Waals surface area contributed by atoms with E-state index < -0.39 is 6.04 Å². The van der Waals surface area contributed by atoms with Gasteiger partial charge in [-0.25, -0.2) is 0 Å². The van der Waals surface area contributed by atoms with Crippen LogP contribution in [0.5, 0.6) is 17.2 Å². The number of ether oxygens (including phenoxy) is 3. The molecule has 2 N–H and O–H groups in total. The second-order valence-electron chi connectivity index (χ2n) is 7.17. The van der Waals surface area contributed by atoms with E-state index in [1.165, 1.54) is 0 Å². The van der Waals surface area contributed by atoms with Gasteiger partial charge >= 0.3 is 0 Å². The quantitative estimate of drug-likeness (QED) is 0.574. The van der Waals surface area contributed by atoms with Crippen LogP contribution in [0.3, 0.4) is 0 Å². The second kappa shape index (κ2) is 10.00. The molecule has 31 heavy (non-hydrogen) atoms. The van der Waals surface area contributed by atoms with Crippen molar-refractivity contribution in [1.82, 2.24) is 5.32 Å². The Kier molecular flexibility index (Phi) is 6.69. The molecule has 1 amide bonds. The summed E-state index contributed by atoms with van der Waals surface area (Å²) < 4.78 is 17.5. The van der Waals surface area contributed by atoms with Gasteiger partial charge in [0.15, 0.2) is 11.5 Å². The topological polar surface area (TPSA) is 68.8 Å². The van der Waals surface area contributed by atoms with Gasteiger partial charge in [-0.3, -0.25) is 10.1 Å². The van der Waals surface area contributed by atoms with Crippen LogP contribution in [-0.4, -0.2) is 31.8 Å². The highest BCUT2D eigenvalue weighted by atomic mass is 16.6. The highest BCUT2D eigenvalue weighted by molar-refractivity contribution is 5.96. The van der Waals surface area contributed by atoms with Gasteiger partial charge < -0.3 is 19.5 Å². The van der Waals surface area contributed by atoms with Crippen LogP contribution in [0.2, 0.25) is 0 Å². The van der Waals surface area contributed by atoms with E-state index in [0.29, 0.717) is 36.9 Å². The Morgan fingerprint density at radius 2 is 1.71 bits per heavy atom. The summed E-state index contributed by atoms with van der Waals surface area (Å²) in [5.74, 6) is 1.93. The monoisotopic (exact) mass is 418 g/mol. The molecule has 6 nitrogen and oxygen atoms in total. The lowest BCUT2D eigenvalue weighted by Crippen LogP contribution is -2.42. The number of carbonyl (C=O) groups excluding carboxylic acids is 1. The van der Waals surface area contributed by atoms with Crippen LogP contribution >= 0.6 is 0 Å². The molecule has 2 atom stereocenters. The van der Waals surface area contributed by atoms with Crippen molar-refractivity contribution in [2.24, 2.45) is 0 Å². The van der Waals surface area contributed by atoms with Crippen LogP contribution in [0.4, 0.5) is 5.69 Å². The highest BCUT2D eigenvalue weighted by Crippen LogP contribution is 2.31. The van der Waals surface area contributed by atoms with Gasteiger partial charge in [0.2, 0.25) is 5.91 Å². The number of para-hydroxylation sites is 4. The van der Waals surface area contributed by atoms with Gasteiger partial charge in [0, 0.05) is 6.54 Å². The van der Waals surface area contributed by atoms with E-state index >= 15 is 0 Å². The zero-order valence-corrected chi connectivity index (χ0v) is 17.4. The van der Waals surface area contributed by atoms with E-state index in [4.69, 9.17) is 14.2 Å². The van der Waals surface area contributed by atoms with Gasteiger partial charge in [0.25, 0.3) is 0 Å². The SMILES string of the molecule is CCOc1ccccc1NC(=O)C(NCC1COc2ccccc2O1)c1ccccc1. The van der Waals surface area contributed by atoms with Crippen molar-refractivity contribution in [3.63, 3.8) is 0 Å². The molecule has 2 unspecified atom stereocenters. The second-order valence-corrected chi connectivity index (χ2v) is 7.17. The first-order valence-electron chi connectivity index (χ1n) is 10.4. The number of hydrogen-bond donors (Lipinski definition) is 2. The summed E-state index contributed by atoms with van der Waals surface area (Å²) in [6, 6.07) is 24.1. The predicted molar refractivity (Wildman–Crippen MR) is 120 cm³/mol. The molecule has 160 valence electrons. The van der Waals surface area contributed by atoms with E-state index in [1.807, 2.05) is 85.8 Å². The summed E-state index contributed by atoms with van der Waals surface area (Å²) in [5, 5.41) is 6.35. The smallest absolute Gasteiger partial charge is 0.246 e. The molecule has 0 fully saturated rings. The summed E-state index contributed by atoms with van der Waals surface area (Å²) in [4.78, 5) is 13.2. The average molecular weight is 418 g/mol. The van der Waals surface area contributed by atoms with Crippen molar-refractivity contribution >= 4 is 11.6 Å². The fraction of sp³-hybridized carbons (Fsp3) is 0.240. The zero-order chi connectivity index (χ0) is 21.5. The molecule has 0 radical (unpaired) electrons. The Morgan fingerprint density at radius 1 is 1.00 bits per heavy atom. The first kappa shape index (κ1) is 20.8. The first-order valence-corrected chi connectivity index (χ1v) is 10.4. The molecule has 0 aliphatic carbocycles. The van der Waals surface area contributed by atoms with Crippen molar-refractivity contribution in [2.45, 2.75) is 19.1 Å². The molecule has 0 saturated carbocycles. The summed E-state index contributed by atoms with van der Waals surface area (Å²) in [5.41, 5.74) is 1.51. The van der Waals surface area contributed by atoms with Crippen molar-refractivity contribution in [3.05, 3.63) is 84.4 Å². The van der Waals surface area contributed by atoms with Crippen molar-refractivity contribution in [2.75, 3.05) is 25.1 Å². The van der Waals surface area contributed by atoms with Crippen LogP contribution in [0.15, 0.2) is 78.9 Å². The predicted octanol–water partition coefficient (Wildman–Crippen LogP) is 4.19. The molecule has 3 aromatic carbocycles. The van der Waals surface area contributed by atoms with Crippen LogP contribution in [-0.2, 0) is 4.79 Å². The zero-order valence-electron chi connectivity index (χ0n) is 17.4. The van der Waals surface area contributed by atoms with Crippen LogP contribution in [0.25, 0.3) is 0 Å². The molecule has 1 heterocycles. The van der Waals surface area contributed by atoms with E-state index in [1.54, 1.807) is 0 Å². The minimum Gasteiger partial charge on any atom is -0.492 e. The maximum atomic E-state index is 13.2. The lowest BCUT2D eigenvalue weighted by molar-refractivity contribution is -0.118. The van der Waals surface area contributed by atoms with Gasteiger partial charge in [-0.2, -0.15) is 0 Å². The summed E-state index contributed by atoms with van der Waals surface area (Å²) in [6.07, 6.45) is -0.204. The lowest BCUT2D eigenvalue weighted by Gasteiger charge is -2.28. The Hall–Kier alpha value is -3.51. The maximum absolute atomic E-state index is 13.2. The molecule has 0 bridgehead atoms. The molecule has 0 aromatic heterocycles. The number of benzene rings is 3. The Morgan fingerprint density at radius 3 is 2.52 bits per heavy atom. The fourth-order valence-corrected chi connectivity index (χ4v) is 3.48. The molecule has 1 aliphatic rings. The summed E-state index contributed by atoms with van der Waals surface area (Å²) in [6.45, 7) is 3.31. The minimum atomic E-state index is -0.559. The van der Waals surface area contributed by atoms with Gasteiger partial charge in [-0.05, 0) is 36.8 Å². The third-order valence-corrected chi connectivity index (χ3v) is 4.96. The highest BCUT2D eigenvalue weighted by Gasteiger charge is 2.25. The van der Waals surface area contributed by atoms with E-state index in [-0.39, 0.29) is 12.0 Å². The minimum absolute atomic E-state index is 0.171. The number of anilines is 1. The number of nitrogens with one attached hydrogen (secondary N) is 2. The summed E-state index contributed by atoms with van der Waals surface area (Å²) >= 11 is 0. The van der Waals surface area contributed by atoms with Crippen LogP contribution in [0.1, 0.15) is 18.5 Å². The molecule has 1 aliphatic heterocycles. The number of hydrogen-bond acceptors (Lipinski definition) is 5. The molecule has 0 spiro atoms. The molecular weight excluding hydrogens is 392 g/mol. The van der Waals surface area contributed by atoms with Crippen molar-refractivity contribution < 1.29 is 19.0 Å². The third-order valence-electron chi connectivity index (χ3n) is 4.96. The molecule has 6 heteroatoms. The molecular formula is C25H26N2O4. The lowest BCUT2D eigenvalue weighted by atomic mass is 10.1.